The van der Waals surface area contributed by atoms with Crippen molar-refractivity contribution in [2.24, 2.45) is 0 Å². The van der Waals surface area contributed by atoms with Crippen LogP contribution in [0.25, 0.3) is 5.76 Å². The second-order valence-electron chi connectivity index (χ2n) is 6.57. The number of hydrogen-bond donors (Lipinski definition) is 2. The van der Waals surface area contributed by atoms with Gasteiger partial charge < -0.3 is 10.2 Å². The average molecular weight is 389 g/mol. The van der Waals surface area contributed by atoms with E-state index < -0.39 is 23.5 Å². The lowest BCUT2D eigenvalue weighted by atomic mass is 9.94. The molecule has 5 nitrogen and oxygen atoms in total. The van der Waals surface area contributed by atoms with Crippen LogP contribution in [0.5, 0.6) is 5.75 Å². The van der Waals surface area contributed by atoms with Crippen molar-refractivity contribution in [2.45, 2.75) is 6.04 Å². The highest BCUT2D eigenvalue weighted by Gasteiger charge is 2.47. The molecule has 1 aliphatic rings. The number of amides is 1. The Morgan fingerprint density at radius 3 is 2.14 bits per heavy atom. The number of carbonyl (C=O) groups is 2. The van der Waals surface area contributed by atoms with Crippen LogP contribution in [0.4, 0.5) is 10.1 Å². The third-order valence-electron chi connectivity index (χ3n) is 4.82. The zero-order valence-electron chi connectivity index (χ0n) is 15.1. The SMILES string of the molecule is O=C1C(=O)N(c2ccc(O)cc2)C(c2ccccc2F)/C1=C(\O)c1ccccc1. The number of phenolic OH excluding ortho intramolecular Hbond substituents is 1. The van der Waals surface area contributed by atoms with Crippen molar-refractivity contribution in [3.05, 3.63) is 101 Å². The number of benzene rings is 3. The van der Waals surface area contributed by atoms with E-state index in [4.69, 9.17) is 0 Å². The smallest absolute Gasteiger partial charge is 0.300 e. The highest BCUT2D eigenvalue weighted by atomic mass is 19.1. The zero-order valence-corrected chi connectivity index (χ0v) is 15.1. The molecule has 2 N–H and O–H groups in total. The Balaban J connectivity index is 1.97. The standard InChI is InChI=1S/C23H16FNO4/c24-18-9-5-4-8-17(18)20-19(21(27)14-6-2-1-3-7-14)22(28)23(29)25(20)15-10-12-16(26)13-11-15/h1-13,20,26-27H/b21-19+. The van der Waals surface area contributed by atoms with Gasteiger partial charge in [-0.1, -0.05) is 48.5 Å². The Labute approximate surface area is 166 Å². The van der Waals surface area contributed by atoms with Crippen molar-refractivity contribution >= 4 is 23.1 Å². The van der Waals surface area contributed by atoms with Gasteiger partial charge in [-0.25, -0.2) is 4.39 Å². The van der Waals surface area contributed by atoms with Gasteiger partial charge >= 0.3 is 0 Å². The van der Waals surface area contributed by atoms with Gasteiger partial charge in [0.25, 0.3) is 11.7 Å². The van der Waals surface area contributed by atoms with E-state index in [9.17, 15) is 24.2 Å². The number of carbonyl (C=O) groups excluding carboxylic acids is 2. The van der Waals surface area contributed by atoms with Gasteiger partial charge in [-0.2, -0.15) is 0 Å². The normalized spacial score (nSPS) is 18.2. The molecule has 1 amide bonds. The molecule has 1 unspecified atom stereocenters. The minimum atomic E-state index is -1.15. The van der Waals surface area contributed by atoms with E-state index >= 15 is 0 Å². The maximum absolute atomic E-state index is 14.7. The van der Waals surface area contributed by atoms with Crippen LogP contribution < -0.4 is 4.90 Å². The number of aliphatic hydroxyl groups is 1. The first-order valence-corrected chi connectivity index (χ1v) is 8.89. The molecule has 3 aromatic rings. The van der Waals surface area contributed by atoms with E-state index in [1.54, 1.807) is 36.4 Å². The highest BCUT2D eigenvalue weighted by molar-refractivity contribution is 6.51. The fourth-order valence-electron chi connectivity index (χ4n) is 3.45. The van der Waals surface area contributed by atoms with Crippen LogP contribution in [0.3, 0.4) is 0 Å². The molecule has 0 aliphatic carbocycles. The lowest BCUT2D eigenvalue weighted by molar-refractivity contribution is -0.132. The molecule has 29 heavy (non-hydrogen) atoms. The molecule has 6 heteroatoms. The van der Waals surface area contributed by atoms with Gasteiger partial charge in [0.15, 0.2) is 0 Å². The van der Waals surface area contributed by atoms with Crippen LogP contribution in [0.1, 0.15) is 17.2 Å². The molecular formula is C23H16FNO4. The Morgan fingerprint density at radius 1 is 0.862 bits per heavy atom. The Kier molecular flexibility index (Phi) is 4.60. The first-order chi connectivity index (χ1) is 14.0. The fraction of sp³-hybridized carbons (Fsp3) is 0.0435. The van der Waals surface area contributed by atoms with Crippen LogP contribution in [-0.2, 0) is 9.59 Å². The quantitative estimate of drug-likeness (QED) is 0.401. The third kappa shape index (κ3) is 3.14. The number of Topliss-reactive ketones (excluding diaryl/α,β-unsaturated/α-hetero) is 1. The molecule has 144 valence electrons. The summed E-state index contributed by atoms with van der Waals surface area (Å²) in [7, 11) is 0. The van der Waals surface area contributed by atoms with Crippen LogP contribution >= 0.6 is 0 Å². The number of aromatic hydroxyl groups is 1. The minimum Gasteiger partial charge on any atom is -0.508 e. The van der Waals surface area contributed by atoms with Gasteiger partial charge in [0.1, 0.15) is 17.3 Å². The zero-order chi connectivity index (χ0) is 20.5. The monoisotopic (exact) mass is 389 g/mol. The van der Waals surface area contributed by atoms with Gasteiger partial charge in [-0.15, -0.1) is 0 Å². The molecule has 1 heterocycles. The Hall–Kier alpha value is -3.93. The predicted molar refractivity (Wildman–Crippen MR) is 106 cm³/mol. The lowest BCUT2D eigenvalue weighted by Crippen LogP contribution is -2.29. The molecule has 1 aliphatic heterocycles. The number of rotatable bonds is 3. The summed E-state index contributed by atoms with van der Waals surface area (Å²) < 4.78 is 14.7. The first-order valence-electron chi connectivity index (χ1n) is 8.89. The van der Waals surface area contributed by atoms with Crippen molar-refractivity contribution in [1.29, 1.82) is 0 Å². The maximum atomic E-state index is 14.7. The van der Waals surface area contributed by atoms with E-state index in [0.29, 0.717) is 11.3 Å². The number of aliphatic hydroxyl groups excluding tert-OH is 1. The second kappa shape index (κ2) is 7.24. The number of hydrogen-bond acceptors (Lipinski definition) is 4. The van der Waals surface area contributed by atoms with E-state index in [0.717, 1.165) is 4.90 Å². The summed E-state index contributed by atoms with van der Waals surface area (Å²) in [6.07, 6.45) is 0. The van der Waals surface area contributed by atoms with Crippen molar-refractivity contribution in [3.8, 4) is 5.75 Å². The van der Waals surface area contributed by atoms with Crippen molar-refractivity contribution in [3.63, 3.8) is 0 Å². The molecular weight excluding hydrogens is 373 g/mol. The summed E-state index contributed by atoms with van der Waals surface area (Å²) in [5.41, 5.74) is 0.527. The predicted octanol–water partition coefficient (Wildman–Crippen LogP) is 4.16. The van der Waals surface area contributed by atoms with Gasteiger partial charge in [-0.3, -0.25) is 14.5 Å². The van der Waals surface area contributed by atoms with Gasteiger partial charge in [0, 0.05) is 16.8 Å². The molecule has 1 saturated heterocycles. The number of nitrogens with zero attached hydrogens (tertiary/aromatic N) is 1. The average Bonchev–Trinajstić information content (AvgIpc) is 3.00. The Bertz CT molecular complexity index is 1120. The highest BCUT2D eigenvalue weighted by Crippen LogP contribution is 2.43. The summed E-state index contributed by atoms with van der Waals surface area (Å²) in [5, 5.41) is 20.4. The largest absolute Gasteiger partial charge is 0.508 e. The first kappa shape index (κ1) is 18.4. The molecule has 0 spiro atoms. The summed E-state index contributed by atoms with van der Waals surface area (Å²) in [4.78, 5) is 26.9. The third-order valence-corrected chi connectivity index (χ3v) is 4.82. The van der Waals surface area contributed by atoms with Gasteiger partial charge in [0.2, 0.25) is 0 Å². The molecule has 3 aromatic carbocycles. The summed E-state index contributed by atoms with van der Waals surface area (Å²) in [5.74, 6) is -2.80. The fourth-order valence-corrected chi connectivity index (χ4v) is 3.45. The van der Waals surface area contributed by atoms with E-state index in [-0.39, 0.29) is 22.6 Å². The molecule has 0 saturated carbocycles. The van der Waals surface area contributed by atoms with Crippen LogP contribution in [0.15, 0.2) is 84.4 Å². The number of halogens is 1. The maximum Gasteiger partial charge on any atom is 0.300 e. The molecule has 0 radical (unpaired) electrons. The number of ketones is 1. The Morgan fingerprint density at radius 2 is 1.48 bits per heavy atom. The van der Waals surface area contributed by atoms with Crippen LogP contribution in [0.2, 0.25) is 0 Å². The van der Waals surface area contributed by atoms with Gasteiger partial charge in [0.05, 0.1) is 11.6 Å². The molecule has 1 fully saturated rings. The molecule has 4 rings (SSSR count). The van der Waals surface area contributed by atoms with E-state index in [1.807, 2.05) is 0 Å². The van der Waals surface area contributed by atoms with Crippen molar-refractivity contribution in [1.82, 2.24) is 0 Å². The number of anilines is 1. The molecule has 0 bridgehead atoms. The van der Waals surface area contributed by atoms with Crippen molar-refractivity contribution < 1.29 is 24.2 Å². The van der Waals surface area contributed by atoms with Gasteiger partial charge in [-0.05, 0) is 30.3 Å². The topological polar surface area (TPSA) is 77.8 Å². The van der Waals surface area contributed by atoms with Crippen LogP contribution in [-0.4, -0.2) is 21.9 Å². The summed E-state index contributed by atoms with van der Waals surface area (Å²) in [6, 6.07) is 18.6. The number of phenols is 1. The van der Waals surface area contributed by atoms with Crippen LogP contribution in [0, 0.1) is 5.82 Å². The lowest BCUT2D eigenvalue weighted by Gasteiger charge is -2.25. The minimum absolute atomic E-state index is 0.0166. The molecule has 1 atom stereocenters. The van der Waals surface area contributed by atoms with Crippen molar-refractivity contribution in [2.75, 3.05) is 4.90 Å². The van der Waals surface area contributed by atoms with E-state index in [1.165, 1.54) is 42.5 Å². The second-order valence-corrected chi connectivity index (χ2v) is 6.57. The summed E-state index contributed by atoms with van der Waals surface area (Å²) >= 11 is 0. The summed E-state index contributed by atoms with van der Waals surface area (Å²) in [6.45, 7) is 0. The van der Waals surface area contributed by atoms with E-state index in [2.05, 4.69) is 0 Å². The molecule has 0 aromatic heterocycles.